The van der Waals surface area contributed by atoms with E-state index in [0.29, 0.717) is 10.3 Å². The van der Waals surface area contributed by atoms with Gasteiger partial charge in [0.2, 0.25) is 0 Å². The summed E-state index contributed by atoms with van der Waals surface area (Å²) in [5, 5.41) is 4.57. The number of anilines is 1. The molecular weight excluding hydrogens is 427 g/mol. The molecule has 164 valence electrons. The molecular formula is C21H16F3N5O3. The number of aryl methyl sites for hydroxylation is 1. The number of carbonyl (C=O) groups excluding carboxylic acids is 1. The van der Waals surface area contributed by atoms with E-state index in [0.717, 1.165) is 0 Å². The summed E-state index contributed by atoms with van der Waals surface area (Å²) in [4.78, 5) is 33.9. The zero-order valence-electron chi connectivity index (χ0n) is 16.8. The SMILES string of the molecule is COc1cncc(NC(=O)c2c(C)nc3c(-c4ccccc4)c(C(F)(F)F)[nH]n3c2=O)c1. The van der Waals surface area contributed by atoms with Crippen LogP contribution in [0.15, 0.2) is 53.6 Å². The first-order chi connectivity index (χ1) is 15.2. The molecule has 1 amide bonds. The number of nitrogens with zero attached hydrogens (tertiary/aromatic N) is 3. The van der Waals surface area contributed by atoms with E-state index in [-0.39, 0.29) is 28.2 Å². The molecule has 32 heavy (non-hydrogen) atoms. The van der Waals surface area contributed by atoms with Crippen LogP contribution in [0.3, 0.4) is 0 Å². The van der Waals surface area contributed by atoms with Crippen LogP contribution in [0.4, 0.5) is 18.9 Å². The van der Waals surface area contributed by atoms with E-state index in [4.69, 9.17) is 4.74 Å². The van der Waals surface area contributed by atoms with Crippen LogP contribution in [-0.4, -0.2) is 32.6 Å². The molecule has 0 spiro atoms. The number of methoxy groups -OCH3 is 1. The number of hydrogen-bond acceptors (Lipinski definition) is 5. The molecule has 11 heteroatoms. The van der Waals surface area contributed by atoms with Gasteiger partial charge in [-0.05, 0) is 12.5 Å². The fraction of sp³-hybridized carbons (Fsp3) is 0.143. The minimum absolute atomic E-state index is 0.0201. The highest BCUT2D eigenvalue weighted by atomic mass is 19.4. The normalized spacial score (nSPS) is 11.5. The third kappa shape index (κ3) is 3.68. The van der Waals surface area contributed by atoms with Crippen molar-refractivity contribution in [1.82, 2.24) is 19.6 Å². The van der Waals surface area contributed by atoms with Crippen LogP contribution >= 0.6 is 0 Å². The summed E-state index contributed by atoms with van der Waals surface area (Å²) in [6.07, 6.45) is -2.02. The average molecular weight is 443 g/mol. The predicted octanol–water partition coefficient (Wildman–Crippen LogP) is 3.67. The number of rotatable bonds is 4. The zero-order valence-corrected chi connectivity index (χ0v) is 16.8. The molecule has 3 aromatic heterocycles. The van der Waals surface area contributed by atoms with E-state index in [1.165, 1.54) is 44.6 Å². The Hall–Kier alpha value is -4.15. The lowest BCUT2D eigenvalue weighted by molar-refractivity contribution is -0.140. The van der Waals surface area contributed by atoms with Crippen LogP contribution in [0, 0.1) is 6.92 Å². The van der Waals surface area contributed by atoms with Gasteiger partial charge in [0.25, 0.3) is 11.5 Å². The lowest BCUT2D eigenvalue weighted by Gasteiger charge is -2.09. The van der Waals surface area contributed by atoms with E-state index >= 15 is 0 Å². The molecule has 0 aliphatic carbocycles. The topological polar surface area (TPSA) is 101 Å². The molecule has 8 nitrogen and oxygen atoms in total. The number of hydrogen-bond donors (Lipinski definition) is 2. The summed E-state index contributed by atoms with van der Waals surface area (Å²) in [5.74, 6) is -0.467. The number of nitrogens with one attached hydrogen (secondary N) is 2. The lowest BCUT2D eigenvalue weighted by Crippen LogP contribution is -2.29. The molecule has 0 fully saturated rings. The number of aromatic nitrogens is 4. The second-order valence-electron chi connectivity index (χ2n) is 6.83. The maximum atomic E-state index is 13.8. The summed E-state index contributed by atoms with van der Waals surface area (Å²) >= 11 is 0. The molecule has 2 N–H and O–H groups in total. The van der Waals surface area contributed by atoms with Gasteiger partial charge in [-0.25, -0.2) is 4.98 Å². The number of alkyl halides is 3. The van der Waals surface area contributed by atoms with Gasteiger partial charge in [0.15, 0.2) is 5.65 Å². The Bertz CT molecular complexity index is 1380. The van der Waals surface area contributed by atoms with Crippen LogP contribution < -0.4 is 15.6 Å². The van der Waals surface area contributed by atoms with Gasteiger partial charge in [0.1, 0.15) is 17.0 Å². The molecule has 4 rings (SSSR count). The number of H-pyrrole nitrogens is 1. The molecule has 0 atom stereocenters. The standard InChI is InChI=1S/C21H16F3N5O3/c1-11-15(19(30)27-13-8-14(32-2)10-25-9-13)20(31)29-18(26-11)16(12-6-4-3-5-7-12)17(28-29)21(22,23)24/h3-10,28H,1-2H3,(H,27,30). The van der Waals surface area contributed by atoms with Gasteiger partial charge in [0.05, 0.1) is 36.4 Å². The van der Waals surface area contributed by atoms with Gasteiger partial charge in [-0.2, -0.15) is 17.7 Å². The number of benzene rings is 1. The molecule has 0 aliphatic rings. The highest BCUT2D eigenvalue weighted by Crippen LogP contribution is 2.38. The average Bonchev–Trinajstić information content (AvgIpc) is 3.14. The summed E-state index contributed by atoms with van der Waals surface area (Å²) in [6, 6.07) is 9.26. The fourth-order valence-electron chi connectivity index (χ4n) is 3.32. The quantitative estimate of drug-likeness (QED) is 0.501. The molecule has 0 bridgehead atoms. The van der Waals surface area contributed by atoms with Crippen molar-refractivity contribution >= 4 is 17.2 Å². The minimum atomic E-state index is -4.78. The Morgan fingerprint density at radius 1 is 1.19 bits per heavy atom. The van der Waals surface area contributed by atoms with Crippen LogP contribution in [0.2, 0.25) is 0 Å². The van der Waals surface area contributed by atoms with E-state index < -0.39 is 28.9 Å². The van der Waals surface area contributed by atoms with Gasteiger partial charge in [-0.1, -0.05) is 30.3 Å². The van der Waals surface area contributed by atoms with Crippen molar-refractivity contribution < 1.29 is 22.7 Å². The maximum Gasteiger partial charge on any atom is 0.433 e. The van der Waals surface area contributed by atoms with Gasteiger partial charge < -0.3 is 10.1 Å². The van der Waals surface area contributed by atoms with Crippen molar-refractivity contribution in [2.24, 2.45) is 0 Å². The van der Waals surface area contributed by atoms with Crippen LogP contribution in [0.5, 0.6) is 5.75 Å². The summed E-state index contributed by atoms with van der Waals surface area (Å²) in [7, 11) is 1.42. The fourth-order valence-corrected chi connectivity index (χ4v) is 3.32. The Balaban J connectivity index is 1.88. The Morgan fingerprint density at radius 2 is 1.91 bits per heavy atom. The molecule has 0 aliphatic heterocycles. The number of ether oxygens (including phenoxy) is 1. The Morgan fingerprint density at radius 3 is 2.56 bits per heavy atom. The van der Waals surface area contributed by atoms with Crippen molar-refractivity contribution in [3.05, 3.63) is 76.1 Å². The molecule has 0 saturated carbocycles. The monoisotopic (exact) mass is 443 g/mol. The second-order valence-corrected chi connectivity index (χ2v) is 6.83. The molecule has 1 aromatic carbocycles. The van der Waals surface area contributed by atoms with Gasteiger partial charge >= 0.3 is 6.18 Å². The third-order valence-electron chi connectivity index (χ3n) is 4.74. The van der Waals surface area contributed by atoms with Crippen molar-refractivity contribution in [3.8, 4) is 16.9 Å². The molecule has 0 saturated heterocycles. The predicted molar refractivity (Wildman–Crippen MR) is 110 cm³/mol. The van der Waals surface area contributed by atoms with E-state index in [1.54, 1.807) is 18.2 Å². The molecule has 3 heterocycles. The number of aromatic amines is 1. The molecule has 0 radical (unpaired) electrons. The first kappa shape index (κ1) is 21.1. The number of amides is 1. The number of pyridine rings is 1. The highest BCUT2D eigenvalue weighted by Gasteiger charge is 2.38. The van der Waals surface area contributed by atoms with E-state index in [2.05, 4.69) is 20.4 Å². The van der Waals surface area contributed by atoms with Crippen LogP contribution in [0.25, 0.3) is 16.8 Å². The summed E-state index contributed by atoms with van der Waals surface area (Å²) in [6.45, 7) is 1.38. The van der Waals surface area contributed by atoms with E-state index in [9.17, 15) is 22.8 Å². The van der Waals surface area contributed by atoms with Crippen molar-refractivity contribution in [1.29, 1.82) is 0 Å². The Labute approximate surface area is 178 Å². The third-order valence-corrected chi connectivity index (χ3v) is 4.74. The molecule has 4 aromatic rings. The summed E-state index contributed by atoms with van der Waals surface area (Å²) in [5.41, 5.74) is -2.56. The van der Waals surface area contributed by atoms with Crippen molar-refractivity contribution in [2.75, 3.05) is 12.4 Å². The van der Waals surface area contributed by atoms with Gasteiger partial charge in [-0.15, -0.1) is 0 Å². The van der Waals surface area contributed by atoms with Crippen LogP contribution in [0.1, 0.15) is 21.7 Å². The van der Waals surface area contributed by atoms with Crippen LogP contribution in [-0.2, 0) is 6.18 Å². The minimum Gasteiger partial charge on any atom is -0.495 e. The van der Waals surface area contributed by atoms with Gasteiger partial charge in [0, 0.05) is 6.07 Å². The Kier molecular flexibility index (Phi) is 5.17. The van der Waals surface area contributed by atoms with E-state index in [1.807, 2.05) is 0 Å². The van der Waals surface area contributed by atoms with Gasteiger partial charge in [-0.3, -0.25) is 19.7 Å². The van der Waals surface area contributed by atoms with Crippen molar-refractivity contribution in [2.45, 2.75) is 13.1 Å². The number of carbonyl (C=O) groups is 1. The maximum absolute atomic E-state index is 13.8. The number of halogens is 3. The molecule has 0 unspecified atom stereocenters. The summed E-state index contributed by atoms with van der Waals surface area (Å²) < 4.78 is 46.9. The lowest BCUT2D eigenvalue weighted by atomic mass is 10.1. The number of fused-ring (bicyclic) bond motifs is 1. The first-order valence-corrected chi connectivity index (χ1v) is 9.29. The van der Waals surface area contributed by atoms with Crippen molar-refractivity contribution in [3.63, 3.8) is 0 Å². The zero-order chi connectivity index (χ0) is 23.0. The highest BCUT2D eigenvalue weighted by molar-refractivity contribution is 6.05. The first-order valence-electron chi connectivity index (χ1n) is 9.29. The smallest absolute Gasteiger partial charge is 0.433 e. The second kappa shape index (κ2) is 7.84. The largest absolute Gasteiger partial charge is 0.495 e.